The fraction of sp³-hybridized carbons (Fsp3) is 0.407. The lowest BCUT2D eigenvalue weighted by molar-refractivity contribution is -0.120. The van der Waals surface area contributed by atoms with Gasteiger partial charge in [-0.15, -0.1) is 0 Å². The predicted octanol–water partition coefficient (Wildman–Crippen LogP) is 5.05. The molecule has 0 spiro atoms. The first-order chi connectivity index (χ1) is 15.4. The van der Waals surface area contributed by atoms with Gasteiger partial charge < -0.3 is 9.64 Å². The SMILES string of the molecule is CCCOc1ccc(C2=C(N3CC(C)CC(C)C3)C(=O)N(c3cccc(C)c3)C2=O)cc1. The number of piperidine rings is 1. The summed E-state index contributed by atoms with van der Waals surface area (Å²) in [5.41, 5.74) is 3.39. The quantitative estimate of drug-likeness (QED) is 0.600. The van der Waals surface area contributed by atoms with Crippen molar-refractivity contribution in [3.63, 3.8) is 0 Å². The highest BCUT2D eigenvalue weighted by Gasteiger charge is 2.43. The van der Waals surface area contributed by atoms with Crippen LogP contribution in [-0.4, -0.2) is 36.4 Å². The molecule has 2 atom stereocenters. The lowest BCUT2D eigenvalue weighted by atomic mass is 9.91. The molecule has 2 aromatic carbocycles. The highest BCUT2D eigenvalue weighted by molar-refractivity contribution is 6.45. The molecule has 5 heteroatoms. The third kappa shape index (κ3) is 4.29. The molecule has 168 valence electrons. The maximum atomic E-state index is 13.7. The molecule has 5 nitrogen and oxygen atoms in total. The van der Waals surface area contributed by atoms with Gasteiger partial charge in [0.2, 0.25) is 0 Å². The van der Waals surface area contributed by atoms with Crippen LogP contribution in [0.15, 0.2) is 54.2 Å². The van der Waals surface area contributed by atoms with E-state index in [1.54, 1.807) is 0 Å². The van der Waals surface area contributed by atoms with Crippen molar-refractivity contribution < 1.29 is 14.3 Å². The largest absolute Gasteiger partial charge is 0.494 e. The van der Waals surface area contributed by atoms with Crippen LogP contribution in [0.4, 0.5) is 5.69 Å². The molecule has 0 aliphatic carbocycles. The summed E-state index contributed by atoms with van der Waals surface area (Å²) in [6, 6.07) is 15.1. The smallest absolute Gasteiger partial charge is 0.282 e. The molecule has 2 heterocycles. The Balaban J connectivity index is 1.77. The molecule has 1 saturated heterocycles. The number of hydrogen-bond donors (Lipinski definition) is 0. The standard InChI is InChI=1S/C27H32N2O3/c1-5-13-32-23-11-9-21(10-12-23)24-25(28-16-19(3)14-20(4)17-28)27(31)29(26(24)30)22-8-6-7-18(2)15-22/h6-12,15,19-20H,5,13-14,16-17H2,1-4H3. The van der Waals surface area contributed by atoms with Crippen molar-refractivity contribution in [3.8, 4) is 5.75 Å². The molecule has 2 unspecified atom stereocenters. The summed E-state index contributed by atoms with van der Waals surface area (Å²) in [7, 11) is 0. The predicted molar refractivity (Wildman–Crippen MR) is 127 cm³/mol. The molecule has 0 bridgehead atoms. The maximum absolute atomic E-state index is 13.7. The van der Waals surface area contributed by atoms with E-state index in [0.717, 1.165) is 42.8 Å². The van der Waals surface area contributed by atoms with Crippen LogP contribution in [0.1, 0.15) is 44.7 Å². The van der Waals surface area contributed by atoms with E-state index < -0.39 is 0 Å². The van der Waals surface area contributed by atoms with Crippen LogP contribution < -0.4 is 9.64 Å². The third-order valence-corrected chi connectivity index (χ3v) is 6.12. The Morgan fingerprint density at radius 2 is 1.66 bits per heavy atom. The average Bonchev–Trinajstić information content (AvgIpc) is 3.02. The van der Waals surface area contributed by atoms with Crippen LogP contribution in [0.5, 0.6) is 5.75 Å². The summed E-state index contributed by atoms with van der Waals surface area (Å²) in [4.78, 5) is 30.9. The third-order valence-electron chi connectivity index (χ3n) is 6.12. The van der Waals surface area contributed by atoms with Crippen LogP contribution in [0.25, 0.3) is 5.57 Å². The van der Waals surface area contributed by atoms with E-state index in [1.165, 1.54) is 4.90 Å². The first-order valence-corrected chi connectivity index (χ1v) is 11.6. The number of nitrogens with zero attached hydrogens (tertiary/aromatic N) is 2. The summed E-state index contributed by atoms with van der Waals surface area (Å²) in [6.45, 7) is 10.7. The molecule has 0 N–H and O–H groups in total. The zero-order valence-corrected chi connectivity index (χ0v) is 19.4. The fourth-order valence-electron chi connectivity index (χ4n) is 4.86. The average molecular weight is 433 g/mol. The zero-order chi connectivity index (χ0) is 22.8. The Hall–Kier alpha value is -3.08. The Bertz CT molecular complexity index is 1030. The van der Waals surface area contributed by atoms with Gasteiger partial charge in [-0.2, -0.15) is 0 Å². The number of carbonyl (C=O) groups excluding carboxylic acids is 2. The van der Waals surface area contributed by atoms with Crippen LogP contribution in [0, 0.1) is 18.8 Å². The lowest BCUT2D eigenvalue weighted by Crippen LogP contribution is -2.42. The normalized spacial score (nSPS) is 21.5. The second-order valence-corrected chi connectivity index (χ2v) is 9.23. The number of rotatable bonds is 6. The summed E-state index contributed by atoms with van der Waals surface area (Å²) >= 11 is 0. The molecule has 2 aliphatic heterocycles. The minimum Gasteiger partial charge on any atom is -0.494 e. The van der Waals surface area contributed by atoms with Crippen LogP contribution in [0.2, 0.25) is 0 Å². The van der Waals surface area contributed by atoms with E-state index in [-0.39, 0.29) is 11.8 Å². The second-order valence-electron chi connectivity index (χ2n) is 9.23. The fourth-order valence-corrected chi connectivity index (χ4v) is 4.86. The molecule has 32 heavy (non-hydrogen) atoms. The van der Waals surface area contributed by atoms with Gasteiger partial charge in [-0.3, -0.25) is 9.59 Å². The molecular weight excluding hydrogens is 400 g/mol. The maximum Gasteiger partial charge on any atom is 0.282 e. The summed E-state index contributed by atoms with van der Waals surface area (Å²) in [6.07, 6.45) is 2.06. The summed E-state index contributed by atoms with van der Waals surface area (Å²) in [5, 5.41) is 0. The Morgan fingerprint density at radius 3 is 2.28 bits per heavy atom. The van der Waals surface area contributed by atoms with Crippen molar-refractivity contribution in [2.24, 2.45) is 11.8 Å². The molecule has 0 radical (unpaired) electrons. The Kier molecular flexibility index (Phi) is 6.35. The van der Waals surface area contributed by atoms with Crippen molar-refractivity contribution in [2.45, 2.75) is 40.5 Å². The topological polar surface area (TPSA) is 49.9 Å². The lowest BCUT2D eigenvalue weighted by Gasteiger charge is -2.37. The van der Waals surface area contributed by atoms with Gasteiger partial charge in [-0.25, -0.2) is 4.90 Å². The van der Waals surface area contributed by atoms with Gasteiger partial charge >= 0.3 is 0 Å². The van der Waals surface area contributed by atoms with Gasteiger partial charge in [0.25, 0.3) is 11.8 Å². The Labute approximate surface area is 190 Å². The number of hydrogen-bond acceptors (Lipinski definition) is 4. The van der Waals surface area contributed by atoms with Gasteiger partial charge in [0.1, 0.15) is 11.4 Å². The molecule has 1 fully saturated rings. The van der Waals surface area contributed by atoms with Crippen LogP contribution in [-0.2, 0) is 9.59 Å². The van der Waals surface area contributed by atoms with E-state index in [0.29, 0.717) is 35.4 Å². The van der Waals surface area contributed by atoms with Crippen molar-refractivity contribution >= 4 is 23.1 Å². The summed E-state index contributed by atoms with van der Waals surface area (Å²) in [5.74, 6) is 1.21. The van der Waals surface area contributed by atoms with Crippen molar-refractivity contribution in [1.29, 1.82) is 0 Å². The van der Waals surface area contributed by atoms with Crippen LogP contribution in [0.3, 0.4) is 0 Å². The van der Waals surface area contributed by atoms with E-state index in [4.69, 9.17) is 4.74 Å². The van der Waals surface area contributed by atoms with Gasteiger partial charge in [-0.1, -0.05) is 45.0 Å². The monoisotopic (exact) mass is 432 g/mol. The number of carbonyl (C=O) groups is 2. The van der Waals surface area contributed by atoms with E-state index in [2.05, 4.69) is 25.7 Å². The number of benzene rings is 2. The van der Waals surface area contributed by atoms with E-state index >= 15 is 0 Å². The highest BCUT2D eigenvalue weighted by Crippen LogP contribution is 2.37. The molecule has 0 saturated carbocycles. The minimum absolute atomic E-state index is 0.233. The first-order valence-electron chi connectivity index (χ1n) is 11.6. The number of anilines is 1. The first kappa shape index (κ1) is 22.1. The van der Waals surface area contributed by atoms with Gasteiger partial charge in [0, 0.05) is 13.1 Å². The number of likely N-dealkylation sites (tertiary alicyclic amines) is 1. The number of imide groups is 1. The minimum atomic E-state index is -0.260. The van der Waals surface area contributed by atoms with Crippen LogP contribution >= 0.6 is 0 Å². The molecule has 2 aliphatic rings. The van der Waals surface area contributed by atoms with E-state index in [1.807, 2.05) is 55.5 Å². The van der Waals surface area contributed by atoms with Gasteiger partial charge in [-0.05, 0) is 67.0 Å². The van der Waals surface area contributed by atoms with Gasteiger partial charge in [0.15, 0.2) is 0 Å². The van der Waals surface area contributed by atoms with Crippen molar-refractivity contribution in [3.05, 3.63) is 65.4 Å². The molecule has 0 aromatic heterocycles. The zero-order valence-electron chi connectivity index (χ0n) is 19.4. The number of amides is 2. The highest BCUT2D eigenvalue weighted by atomic mass is 16.5. The number of aryl methyl sites for hydroxylation is 1. The van der Waals surface area contributed by atoms with Gasteiger partial charge in [0.05, 0.1) is 17.9 Å². The molecule has 2 aromatic rings. The van der Waals surface area contributed by atoms with Crippen molar-refractivity contribution in [1.82, 2.24) is 4.90 Å². The molecule has 2 amide bonds. The second kappa shape index (κ2) is 9.19. The number of ether oxygens (including phenoxy) is 1. The molecule has 4 rings (SSSR count). The molecular formula is C27H32N2O3. The Morgan fingerprint density at radius 1 is 0.969 bits per heavy atom. The van der Waals surface area contributed by atoms with E-state index in [9.17, 15) is 9.59 Å². The summed E-state index contributed by atoms with van der Waals surface area (Å²) < 4.78 is 5.71. The van der Waals surface area contributed by atoms with Crippen molar-refractivity contribution in [2.75, 3.05) is 24.6 Å².